The second-order valence-corrected chi connectivity index (χ2v) is 6.05. The van der Waals surface area contributed by atoms with Crippen LogP contribution < -0.4 is 5.32 Å². The highest BCUT2D eigenvalue weighted by atomic mass is 19.1. The van der Waals surface area contributed by atoms with E-state index in [0.717, 1.165) is 22.5 Å². The van der Waals surface area contributed by atoms with E-state index >= 15 is 0 Å². The van der Waals surface area contributed by atoms with E-state index in [1.54, 1.807) is 13.3 Å². The van der Waals surface area contributed by atoms with Gasteiger partial charge >= 0.3 is 0 Å². The van der Waals surface area contributed by atoms with Gasteiger partial charge in [-0.05, 0) is 23.3 Å². The summed E-state index contributed by atoms with van der Waals surface area (Å²) >= 11 is 0. The molecule has 0 aliphatic carbocycles. The smallest absolute Gasteiger partial charge is 0.221 e. The van der Waals surface area contributed by atoms with Crippen molar-refractivity contribution in [3.8, 4) is 0 Å². The largest absolute Gasteiger partial charge is 0.383 e. The van der Waals surface area contributed by atoms with Gasteiger partial charge in [-0.3, -0.25) is 4.79 Å². The highest BCUT2D eigenvalue weighted by molar-refractivity contribution is 5.86. The van der Waals surface area contributed by atoms with Gasteiger partial charge in [-0.15, -0.1) is 0 Å². The topological polar surface area (TPSA) is 54.1 Å². The zero-order valence-corrected chi connectivity index (χ0v) is 14.4. The molecule has 1 unspecified atom stereocenters. The summed E-state index contributed by atoms with van der Waals surface area (Å²) in [5, 5.41) is 3.66. The second kappa shape index (κ2) is 8.10. The van der Waals surface area contributed by atoms with Gasteiger partial charge in [-0.25, -0.2) is 8.78 Å². The van der Waals surface area contributed by atoms with Crippen LogP contribution in [0.3, 0.4) is 0 Å². The summed E-state index contributed by atoms with van der Waals surface area (Å²) in [4.78, 5) is 15.5. The summed E-state index contributed by atoms with van der Waals surface area (Å²) < 4.78 is 32.7. The molecular weight excluding hydrogens is 338 g/mol. The molecule has 0 saturated heterocycles. The van der Waals surface area contributed by atoms with Gasteiger partial charge in [0, 0.05) is 49.2 Å². The molecule has 0 saturated carbocycles. The molecule has 2 N–H and O–H groups in total. The molecule has 6 heteroatoms. The lowest BCUT2D eigenvalue weighted by atomic mass is 9.87. The number of para-hydroxylation sites is 1. The molecule has 136 valence electrons. The number of carbonyl (C=O) groups excluding carboxylic acids is 1. The van der Waals surface area contributed by atoms with Gasteiger partial charge in [0.25, 0.3) is 0 Å². The van der Waals surface area contributed by atoms with Gasteiger partial charge in [0.05, 0.1) is 6.61 Å². The maximum atomic E-state index is 14.4. The van der Waals surface area contributed by atoms with E-state index in [-0.39, 0.29) is 17.9 Å². The number of ether oxygens (including phenoxy) is 1. The van der Waals surface area contributed by atoms with E-state index < -0.39 is 17.6 Å². The fourth-order valence-electron chi connectivity index (χ4n) is 3.10. The van der Waals surface area contributed by atoms with E-state index in [1.807, 2.05) is 24.3 Å². The standard InChI is InChI=1S/C20H20F2N2O2/c1-26-9-8-23-20(25)11-16(14-7-6-13(21)10-18(14)22)17-12-24-19-5-3-2-4-15(17)19/h2-7,10,12,16,24H,8-9,11H2,1H3,(H,23,25). The van der Waals surface area contributed by atoms with E-state index in [0.29, 0.717) is 13.2 Å². The highest BCUT2D eigenvalue weighted by Crippen LogP contribution is 2.34. The zero-order chi connectivity index (χ0) is 18.5. The SMILES string of the molecule is COCCNC(=O)CC(c1ccc(F)cc1F)c1c[nH]c2ccccc12. The molecule has 0 bridgehead atoms. The Morgan fingerprint density at radius 2 is 2.00 bits per heavy atom. The predicted molar refractivity (Wildman–Crippen MR) is 96.0 cm³/mol. The number of methoxy groups -OCH3 is 1. The third-order valence-electron chi connectivity index (χ3n) is 4.35. The third kappa shape index (κ3) is 3.91. The summed E-state index contributed by atoms with van der Waals surface area (Å²) in [6.07, 6.45) is 1.83. The Morgan fingerprint density at radius 1 is 1.19 bits per heavy atom. The van der Waals surface area contributed by atoms with Crippen LogP contribution in [0.5, 0.6) is 0 Å². The maximum absolute atomic E-state index is 14.4. The number of hydrogen-bond donors (Lipinski definition) is 2. The van der Waals surface area contributed by atoms with Gasteiger partial charge in [-0.2, -0.15) is 0 Å². The number of benzene rings is 2. The Hall–Kier alpha value is -2.73. The van der Waals surface area contributed by atoms with Crippen LogP contribution in [-0.2, 0) is 9.53 Å². The summed E-state index contributed by atoms with van der Waals surface area (Å²) in [6, 6.07) is 11.1. The van der Waals surface area contributed by atoms with Gasteiger partial charge in [0.2, 0.25) is 5.91 Å². The Morgan fingerprint density at radius 3 is 2.77 bits per heavy atom. The van der Waals surface area contributed by atoms with Crippen molar-refractivity contribution in [2.45, 2.75) is 12.3 Å². The fourth-order valence-corrected chi connectivity index (χ4v) is 3.10. The van der Waals surface area contributed by atoms with Crippen molar-refractivity contribution in [1.29, 1.82) is 0 Å². The van der Waals surface area contributed by atoms with E-state index in [1.165, 1.54) is 12.1 Å². The Balaban J connectivity index is 1.97. The number of halogens is 2. The van der Waals surface area contributed by atoms with Crippen LogP contribution in [-0.4, -0.2) is 31.2 Å². The van der Waals surface area contributed by atoms with Gasteiger partial charge in [-0.1, -0.05) is 24.3 Å². The normalized spacial score (nSPS) is 12.3. The second-order valence-electron chi connectivity index (χ2n) is 6.05. The van der Waals surface area contributed by atoms with E-state index in [9.17, 15) is 13.6 Å². The van der Waals surface area contributed by atoms with Gasteiger partial charge in [0.1, 0.15) is 11.6 Å². The average molecular weight is 358 g/mol. The third-order valence-corrected chi connectivity index (χ3v) is 4.35. The quantitative estimate of drug-likeness (QED) is 0.633. The summed E-state index contributed by atoms with van der Waals surface area (Å²) in [6.45, 7) is 0.774. The Labute approximate surface area is 150 Å². The van der Waals surface area contributed by atoms with Crippen LogP contribution in [0.2, 0.25) is 0 Å². The highest BCUT2D eigenvalue weighted by Gasteiger charge is 2.24. The lowest BCUT2D eigenvalue weighted by molar-refractivity contribution is -0.121. The van der Waals surface area contributed by atoms with E-state index in [2.05, 4.69) is 10.3 Å². The van der Waals surface area contributed by atoms with Crippen LogP contribution in [0.25, 0.3) is 10.9 Å². The minimum atomic E-state index is -0.662. The number of nitrogens with one attached hydrogen (secondary N) is 2. The fraction of sp³-hybridized carbons (Fsp3) is 0.250. The van der Waals surface area contributed by atoms with Crippen LogP contribution in [0, 0.1) is 11.6 Å². The first kappa shape index (κ1) is 18.1. The minimum absolute atomic E-state index is 0.0497. The molecule has 0 fully saturated rings. The molecule has 1 heterocycles. The molecule has 2 aromatic carbocycles. The minimum Gasteiger partial charge on any atom is -0.383 e. The van der Waals surface area contributed by atoms with Crippen LogP contribution in [0.1, 0.15) is 23.5 Å². The molecule has 0 radical (unpaired) electrons. The molecule has 26 heavy (non-hydrogen) atoms. The first-order chi connectivity index (χ1) is 12.6. The summed E-state index contributed by atoms with van der Waals surface area (Å²) in [5.41, 5.74) is 1.99. The van der Waals surface area contributed by atoms with E-state index in [4.69, 9.17) is 4.74 Å². The number of carbonyl (C=O) groups is 1. The number of fused-ring (bicyclic) bond motifs is 1. The first-order valence-corrected chi connectivity index (χ1v) is 8.36. The molecular formula is C20H20F2N2O2. The number of H-pyrrole nitrogens is 1. The molecule has 1 amide bonds. The average Bonchev–Trinajstić information content (AvgIpc) is 3.04. The summed E-state index contributed by atoms with van der Waals surface area (Å²) in [7, 11) is 1.55. The first-order valence-electron chi connectivity index (χ1n) is 8.36. The molecule has 1 aromatic heterocycles. The maximum Gasteiger partial charge on any atom is 0.221 e. The van der Waals surface area contributed by atoms with Gasteiger partial charge in [0.15, 0.2) is 0 Å². The van der Waals surface area contributed by atoms with Gasteiger partial charge < -0.3 is 15.0 Å². The zero-order valence-electron chi connectivity index (χ0n) is 14.4. The number of rotatable bonds is 7. The van der Waals surface area contributed by atoms with Crippen molar-refractivity contribution in [2.75, 3.05) is 20.3 Å². The molecule has 4 nitrogen and oxygen atoms in total. The van der Waals surface area contributed by atoms with Crippen molar-refractivity contribution < 1.29 is 18.3 Å². The van der Waals surface area contributed by atoms with Crippen molar-refractivity contribution in [1.82, 2.24) is 10.3 Å². The molecule has 3 rings (SSSR count). The number of amides is 1. The van der Waals surface area contributed by atoms with Crippen LogP contribution in [0.15, 0.2) is 48.7 Å². The molecule has 0 spiro atoms. The van der Waals surface area contributed by atoms with Crippen LogP contribution in [0.4, 0.5) is 8.78 Å². The predicted octanol–water partition coefficient (Wildman–Crippen LogP) is 3.73. The monoisotopic (exact) mass is 358 g/mol. The van der Waals surface area contributed by atoms with Crippen molar-refractivity contribution in [3.05, 3.63) is 71.4 Å². The lowest BCUT2D eigenvalue weighted by Gasteiger charge is -2.18. The lowest BCUT2D eigenvalue weighted by Crippen LogP contribution is -2.28. The van der Waals surface area contributed by atoms with Crippen molar-refractivity contribution in [3.63, 3.8) is 0 Å². The number of aromatic amines is 1. The molecule has 3 aromatic rings. The Bertz CT molecular complexity index is 908. The van der Waals surface area contributed by atoms with Crippen molar-refractivity contribution >= 4 is 16.8 Å². The summed E-state index contributed by atoms with van der Waals surface area (Å²) in [5.74, 6) is -2.06. The van der Waals surface area contributed by atoms with Crippen LogP contribution >= 0.6 is 0 Å². The molecule has 1 atom stereocenters. The molecule has 0 aliphatic rings. The molecule has 0 aliphatic heterocycles. The van der Waals surface area contributed by atoms with Crippen molar-refractivity contribution in [2.24, 2.45) is 0 Å². The Kier molecular flexibility index (Phi) is 5.63. The number of aromatic nitrogens is 1. The number of hydrogen-bond acceptors (Lipinski definition) is 2.